The lowest BCUT2D eigenvalue weighted by Crippen LogP contribution is -2.53. The van der Waals surface area contributed by atoms with Gasteiger partial charge in [0.15, 0.2) is 5.25 Å². The summed E-state index contributed by atoms with van der Waals surface area (Å²) in [5, 5.41) is 5.52. The number of para-hydroxylation sites is 1. The molecule has 3 amide bonds. The smallest absolute Gasteiger partial charge is 0.250 e. The second kappa shape index (κ2) is 9.17. The molecular formula is C21H28N4O3S. The van der Waals surface area contributed by atoms with Gasteiger partial charge in [-0.05, 0) is 57.3 Å². The highest BCUT2D eigenvalue weighted by Gasteiger charge is 2.41. The minimum absolute atomic E-state index is 0.0515. The van der Waals surface area contributed by atoms with Crippen molar-refractivity contribution < 1.29 is 14.4 Å². The van der Waals surface area contributed by atoms with Gasteiger partial charge in [0.05, 0.1) is 5.69 Å². The summed E-state index contributed by atoms with van der Waals surface area (Å²) in [7, 11) is 0. The van der Waals surface area contributed by atoms with Gasteiger partial charge >= 0.3 is 0 Å². The van der Waals surface area contributed by atoms with Crippen molar-refractivity contribution in [1.82, 2.24) is 15.5 Å². The van der Waals surface area contributed by atoms with Gasteiger partial charge in [-0.15, -0.1) is 11.8 Å². The molecule has 7 nitrogen and oxygen atoms in total. The van der Waals surface area contributed by atoms with E-state index in [4.69, 9.17) is 0 Å². The Labute approximate surface area is 175 Å². The summed E-state index contributed by atoms with van der Waals surface area (Å²) in [6.07, 6.45) is 4.87. The van der Waals surface area contributed by atoms with Crippen LogP contribution < -0.4 is 15.5 Å². The van der Waals surface area contributed by atoms with E-state index in [0.717, 1.165) is 50.1 Å². The molecule has 0 aromatic heterocycles. The predicted molar refractivity (Wildman–Crippen MR) is 113 cm³/mol. The maximum atomic E-state index is 13.3. The molecule has 1 atom stereocenters. The molecule has 1 aromatic carbocycles. The Balaban J connectivity index is 1.50. The normalized spacial score (nSPS) is 22.9. The molecule has 0 radical (unpaired) electrons. The van der Waals surface area contributed by atoms with Crippen LogP contribution in [-0.2, 0) is 14.4 Å². The highest BCUT2D eigenvalue weighted by Crippen LogP contribution is 2.39. The first-order chi connectivity index (χ1) is 14.1. The van der Waals surface area contributed by atoms with Gasteiger partial charge in [-0.3, -0.25) is 14.4 Å². The molecule has 2 fully saturated rings. The Hall–Kier alpha value is -2.06. The van der Waals surface area contributed by atoms with Gasteiger partial charge in [0.2, 0.25) is 11.8 Å². The molecule has 1 aromatic rings. The molecule has 0 bridgehead atoms. The largest absolute Gasteiger partial charge is 0.352 e. The third kappa shape index (κ3) is 4.59. The van der Waals surface area contributed by atoms with Crippen molar-refractivity contribution in [3.8, 4) is 0 Å². The number of likely N-dealkylation sites (tertiary alicyclic amines) is 1. The van der Waals surface area contributed by atoms with Crippen LogP contribution in [0.15, 0.2) is 29.2 Å². The number of thioether (sulfide) groups is 1. The predicted octanol–water partition coefficient (Wildman–Crippen LogP) is 1.37. The Morgan fingerprint density at radius 2 is 1.83 bits per heavy atom. The maximum Gasteiger partial charge on any atom is 0.250 e. The van der Waals surface area contributed by atoms with E-state index < -0.39 is 5.25 Å². The van der Waals surface area contributed by atoms with Crippen LogP contribution in [0.25, 0.3) is 0 Å². The summed E-state index contributed by atoms with van der Waals surface area (Å²) in [6.45, 7) is 3.14. The third-order valence-corrected chi connectivity index (χ3v) is 7.03. The summed E-state index contributed by atoms with van der Waals surface area (Å²) in [5.41, 5.74) is 0.714. The van der Waals surface area contributed by atoms with Crippen molar-refractivity contribution >= 4 is 35.2 Å². The molecular weight excluding hydrogens is 388 g/mol. The standard InChI is InChI=1S/C21H28N4O3S/c26-18(23-15-8-10-22-11-9-15)14-25-16-6-2-3-7-17(16)29-19(21(25)28)20(27)24-12-4-1-5-13-24/h2-3,6-7,15,19,22H,1,4-5,8-14H2,(H,23,26). The Morgan fingerprint density at radius 3 is 2.59 bits per heavy atom. The van der Waals surface area contributed by atoms with Crippen molar-refractivity contribution in [2.24, 2.45) is 0 Å². The molecule has 0 spiro atoms. The van der Waals surface area contributed by atoms with E-state index >= 15 is 0 Å². The lowest BCUT2D eigenvalue weighted by atomic mass is 10.1. The fraction of sp³-hybridized carbons (Fsp3) is 0.571. The molecule has 0 saturated carbocycles. The van der Waals surface area contributed by atoms with Crippen LogP contribution in [0.5, 0.6) is 0 Å². The van der Waals surface area contributed by atoms with Gasteiger partial charge in [-0.25, -0.2) is 0 Å². The van der Waals surface area contributed by atoms with E-state index in [9.17, 15) is 14.4 Å². The van der Waals surface area contributed by atoms with Crippen molar-refractivity contribution in [1.29, 1.82) is 0 Å². The van der Waals surface area contributed by atoms with Crippen LogP contribution in [0, 0.1) is 0 Å². The molecule has 0 aliphatic carbocycles. The SMILES string of the molecule is O=C(CN1C(=O)C(C(=O)N2CCCCC2)Sc2ccccc21)NC1CCNCC1. The number of rotatable bonds is 4. The summed E-state index contributed by atoms with van der Waals surface area (Å²) in [6, 6.07) is 7.66. The van der Waals surface area contributed by atoms with Gasteiger partial charge < -0.3 is 20.4 Å². The van der Waals surface area contributed by atoms with Gasteiger partial charge in [-0.2, -0.15) is 0 Å². The molecule has 2 N–H and O–H groups in total. The number of amides is 3. The molecule has 156 valence electrons. The monoisotopic (exact) mass is 416 g/mol. The number of nitrogens with zero attached hydrogens (tertiary/aromatic N) is 2. The maximum absolute atomic E-state index is 13.3. The lowest BCUT2D eigenvalue weighted by Gasteiger charge is -2.36. The van der Waals surface area contributed by atoms with E-state index in [0.29, 0.717) is 18.8 Å². The van der Waals surface area contributed by atoms with Crippen molar-refractivity contribution in [3.05, 3.63) is 24.3 Å². The number of hydrogen-bond donors (Lipinski definition) is 2. The summed E-state index contributed by atoms with van der Waals surface area (Å²) in [5.74, 6) is -0.584. The minimum atomic E-state index is -0.810. The number of anilines is 1. The number of nitrogens with one attached hydrogen (secondary N) is 2. The molecule has 4 rings (SSSR count). The zero-order chi connectivity index (χ0) is 20.2. The first-order valence-electron chi connectivity index (χ1n) is 10.5. The van der Waals surface area contributed by atoms with E-state index in [-0.39, 0.29) is 30.3 Å². The van der Waals surface area contributed by atoms with Gasteiger partial charge in [0, 0.05) is 24.0 Å². The number of piperidine rings is 2. The van der Waals surface area contributed by atoms with E-state index in [2.05, 4.69) is 10.6 Å². The van der Waals surface area contributed by atoms with E-state index in [1.807, 2.05) is 24.3 Å². The summed E-state index contributed by atoms with van der Waals surface area (Å²) >= 11 is 1.31. The quantitative estimate of drug-likeness (QED) is 0.725. The minimum Gasteiger partial charge on any atom is -0.352 e. The fourth-order valence-electron chi connectivity index (χ4n) is 4.20. The lowest BCUT2D eigenvalue weighted by molar-refractivity contribution is -0.136. The van der Waals surface area contributed by atoms with E-state index in [1.165, 1.54) is 16.7 Å². The van der Waals surface area contributed by atoms with Crippen LogP contribution in [0.4, 0.5) is 5.69 Å². The summed E-state index contributed by atoms with van der Waals surface area (Å²) in [4.78, 5) is 43.2. The van der Waals surface area contributed by atoms with Gasteiger partial charge in [0.1, 0.15) is 6.54 Å². The highest BCUT2D eigenvalue weighted by atomic mass is 32.2. The third-order valence-electron chi connectivity index (χ3n) is 5.79. The zero-order valence-electron chi connectivity index (χ0n) is 16.6. The van der Waals surface area contributed by atoms with Crippen LogP contribution in [0.3, 0.4) is 0 Å². The van der Waals surface area contributed by atoms with E-state index in [1.54, 1.807) is 4.90 Å². The van der Waals surface area contributed by atoms with Crippen LogP contribution >= 0.6 is 11.8 Å². The topological polar surface area (TPSA) is 81.8 Å². The average molecular weight is 417 g/mol. The van der Waals surface area contributed by atoms with Crippen molar-refractivity contribution in [3.63, 3.8) is 0 Å². The first-order valence-corrected chi connectivity index (χ1v) is 11.4. The number of fused-ring (bicyclic) bond motifs is 1. The van der Waals surface area contributed by atoms with Crippen molar-refractivity contribution in [2.75, 3.05) is 37.6 Å². The van der Waals surface area contributed by atoms with Gasteiger partial charge in [-0.1, -0.05) is 12.1 Å². The van der Waals surface area contributed by atoms with Crippen molar-refractivity contribution in [2.45, 2.75) is 48.3 Å². The van der Waals surface area contributed by atoms with Crippen LogP contribution in [-0.4, -0.2) is 66.6 Å². The second-order valence-electron chi connectivity index (χ2n) is 7.87. The van der Waals surface area contributed by atoms with Crippen LogP contribution in [0.2, 0.25) is 0 Å². The molecule has 1 unspecified atom stereocenters. The Morgan fingerprint density at radius 1 is 1.10 bits per heavy atom. The highest BCUT2D eigenvalue weighted by molar-refractivity contribution is 8.01. The molecule has 29 heavy (non-hydrogen) atoms. The zero-order valence-corrected chi connectivity index (χ0v) is 17.4. The number of hydrogen-bond acceptors (Lipinski definition) is 5. The first kappa shape index (κ1) is 20.2. The average Bonchev–Trinajstić information content (AvgIpc) is 2.76. The molecule has 2 saturated heterocycles. The fourth-order valence-corrected chi connectivity index (χ4v) is 5.39. The second-order valence-corrected chi connectivity index (χ2v) is 9.01. The molecule has 3 aliphatic heterocycles. The van der Waals surface area contributed by atoms with Gasteiger partial charge in [0.25, 0.3) is 5.91 Å². The molecule has 3 heterocycles. The summed E-state index contributed by atoms with van der Waals surface area (Å²) < 4.78 is 0. The Kier molecular flexibility index (Phi) is 6.40. The number of carbonyl (C=O) groups is 3. The Bertz CT molecular complexity index is 775. The molecule has 8 heteroatoms. The molecule has 3 aliphatic rings. The van der Waals surface area contributed by atoms with Crippen LogP contribution in [0.1, 0.15) is 32.1 Å². The number of benzene rings is 1. The number of carbonyl (C=O) groups excluding carboxylic acids is 3.